The predicted octanol–water partition coefficient (Wildman–Crippen LogP) is 1.22. The number of sulfonamides is 1. The highest BCUT2D eigenvalue weighted by Crippen LogP contribution is 2.55. The molecular formula is C22H32N4O4S. The molecule has 1 aromatic heterocycles. The molecule has 3 atom stereocenters. The number of amides is 1. The van der Waals surface area contributed by atoms with E-state index >= 15 is 0 Å². The number of hydrogen-bond acceptors (Lipinski definition) is 6. The third-order valence-corrected chi connectivity index (χ3v) is 9.13. The molecule has 9 heteroatoms. The summed E-state index contributed by atoms with van der Waals surface area (Å²) in [5.74, 6) is 1.85. The molecule has 0 aromatic carbocycles. The molecule has 31 heavy (non-hydrogen) atoms. The van der Waals surface area contributed by atoms with Gasteiger partial charge in [0.25, 0.3) is 5.91 Å². The Labute approximate surface area is 184 Å². The van der Waals surface area contributed by atoms with Crippen molar-refractivity contribution in [3.63, 3.8) is 0 Å². The van der Waals surface area contributed by atoms with Crippen LogP contribution in [0.5, 0.6) is 0 Å². The maximum Gasteiger partial charge on any atom is 0.270 e. The first kappa shape index (κ1) is 21.2. The molecule has 4 saturated carbocycles. The molecule has 4 aliphatic carbocycles. The van der Waals surface area contributed by atoms with E-state index < -0.39 is 15.6 Å². The van der Waals surface area contributed by atoms with Crippen LogP contribution in [-0.2, 0) is 10.0 Å². The third kappa shape index (κ3) is 3.96. The van der Waals surface area contributed by atoms with Crippen LogP contribution in [0.3, 0.4) is 0 Å². The van der Waals surface area contributed by atoms with Gasteiger partial charge in [0.2, 0.25) is 10.0 Å². The first-order chi connectivity index (χ1) is 14.6. The Morgan fingerprint density at radius 1 is 1.19 bits per heavy atom. The Bertz CT molecular complexity index is 967. The Kier molecular flexibility index (Phi) is 5.06. The SMILES string of the molecule is C[C@@H]1CN(S(C)(=O)=O)CCN1c1cccc(C(=O)NC2C3CC4CC2CC(O)(C4)C3)n1. The molecule has 1 aliphatic heterocycles. The van der Waals surface area contributed by atoms with Crippen LogP contribution in [0.25, 0.3) is 0 Å². The van der Waals surface area contributed by atoms with E-state index in [-0.39, 0.29) is 18.0 Å². The average Bonchev–Trinajstić information content (AvgIpc) is 2.68. The normalized spacial score (nSPS) is 37.8. The molecular weight excluding hydrogens is 416 g/mol. The second-order valence-corrected chi connectivity index (χ2v) is 12.2. The standard InChI is InChI=1S/C22H32N4O4S/c1-14-13-25(31(2,29)30)6-7-26(14)19-5-3-4-18(23-19)21(27)24-20-16-8-15-9-17(20)12-22(28,10-15)11-16/h3-5,14-17,20,28H,6-13H2,1-2H3,(H,24,27)/t14-,15?,16?,17?,20?,22?/m1/s1. The number of aromatic nitrogens is 1. The van der Waals surface area contributed by atoms with Crippen molar-refractivity contribution in [1.82, 2.24) is 14.6 Å². The Hall–Kier alpha value is -1.71. The van der Waals surface area contributed by atoms with Crippen LogP contribution in [0.4, 0.5) is 5.82 Å². The van der Waals surface area contributed by atoms with Gasteiger partial charge >= 0.3 is 0 Å². The number of pyridine rings is 1. The fourth-order valence-electron chi connectivity index (χ4n) is 6.72. The quantitative estimate of drug-likeness (QED) is 0.718. The average molecular weight is 449 g/mol. The van der Waals surface area contributed by atoms with Crippen LogP contribution in [0, 0.1) is 17.8 Å². The molecule has 4 bridgehead atoms. The van der Waals surface area contributed by atoms with Crippen molar-refractivity contribution in [2.45, 2.75) is 56.7 Å². The minimum Gasteiger partial charge on any atom is -0.390 e. The second-order valence-electron chi connectivity index (χ2n) is 10.2. The summed E-state index contributed by atoms with van der Waals surface area (Å²) < 4.78 is 25.2. The molecule has 2 unspecified atom stereocenters. The zero-order valence-corrected chi connectivity index (χ0v) is 19.0. The first-order valence-electron chi connectivity index (χ1n) is 11.3. The van der Waals surface area contributed by atoms with Gasteiger partial charge in [0.15, 0.2) is 0 Å². The van der Waals surface area contributed by atoms with Gasteiger partial charge in [-0.2, -0.15) is 4.31 Å². The van der Waals surface area contributed by atoms with Crippen LogP contribution in [-0.4, -0.2) is 72.3 Å². The summed E-state index contributed by atoms with van der Waals surface area (Å²) in [5, 5.41) is 14.0. The van der Waals surface area contributed by atoms with Gasteiger partial charge in [-0.1, -0.05) is 6.07 Å². The smallest absolute Gasteiger partial charge is 0.270 e. The number of aliphatic hydroxyl groups is 1. The monoisotopic (exact) mass is 448 g/mol. The number of hydrogen-bond donors (Lipinski definition) is 2. The summed E-state index contributed by atoms with van der Waals surface area (Å²) >= 11 is 0. The molecule has 5 fully saturated rings. The van der Waals surface area contributed by atoms with Crippen molar-refractivity contribution in [3.05, 3.63) is 23.9 Å². The summed E-state index contributed by atoms with van der Waals surface area (Å²) in [6.45, 7) is 3.34. The molecule has 0 spiro atoms. The number of piperazine rings is 1. The van der Waals surface area contributed by atoms with Crippen molar-refractivity contribution in [2.24, 2.45) is 17.8 Å². The second kappa shape index (κ2) is 7.42. The van der Waals surface area contributed by atoms with Crippen LogP contribution < -0.4 is 10.2 Å². The number of rotatable bonds is 4. The van der Waals surface area contributed by atoms with E-state index in [4.69, 9.17) is 0 Å². The summed E-state index contributed by atoms with van der Waals surface area (Å²) in [6.07, 6.45) is 5.94. The fourth-order valence-corrected chi connectivity index (χ4v) is 7.62. The third-order valence-electron chi connectivity index (χ3n) is 7.86. The molecule has 1 aromatic rings. The zero-order chi connectivity index (χ0) is 22.0. The lowest BCUT2D eigenvalue weighted by Crippen LogP contribution is -2.61. The summed E-state index contributed by atoms with van der Waals surface area (Å²) in [4.78, 5) is 19.8. The molecule has 1 amide bonds. The van der Waals surface area contributed by atoms with E-state index in [1.165, 1.54) is 10.6 Å². The molecule has 2 N–H and O–H groups in total. The Morgan fingerprint density at radius 3 is 2.52 bits per heavy atom. The van der Waals surface area contributed by atoms with E-state index in [1.54, 1.807) is 6.07 Å². The van der Waals surface area contributed by atoms with Crippen molar-refractivity contribution >= 4 is 21.7 Å². The van der Waals surface area contributed by atoms with Gasteiger partial charge in [-0.05, 0) is 68.9 Å². The van der Waals surface area contributed by atoms with Gasteiger partial charge in [0, 0.05) is 31.7 Å². The zero-order valence-electron chi connectivity index (χ0n) is 18.2. The molecule has 8 nitrogen and oxygen atoms in total. The van der Waals surface area contributed by atoms with Crippen LogP contribution in [0.2, 0.25) is 0 Å². The van der Waals surface area contributed by atoms with E-state index in [1.807, 2.05) is 19.1 Å². The molecule has 170 valence electrons. The van der Waals surface area contributed by atoms with Crippen LogP contribution in [0.1, 0.15) is 49.5 Å². The molecule has 0 radical (unpaired) electrons. The Balaban J connectivity index is 1.28. The lowest BCUT2D eigenvalue weighted by Gasteiger charge is -2.58. The van der Waals surface area contributed by atoms with Gasteiger partial charge < -0.3 is 15.3 Å². The van der Waals surface area contributed by atoms with Crippen LogP contribution >= 0.6 is 0 Å². The van der Waals surface area contributed by atoms with Gasteiger partial charge in [0.05, 0.1) is 11.9 Å². The molecule has 5 aliphatic rings. The number of carbonyl (C=O) groups excluding carboxylic acids is 1. The summed E-state index contributed by atoms with van der Waals surface area (Å²) in [5.41, 5.74) is -0.122. The van der Waals surface area contributed by atoms with Gasteiger partial charge in [-0.15, -0.1) is 0 Å². The minimum absolute atomic E-state index is 0.0283. The van der Waals surface area contributed by atoms with E-state index in [9.17, 15) is 18.3 Å². The van der Waals surface area contributed by atoms with Crippen LogP contribution in [0.15, 0.2) is 18.2 Å². The number of nitrogens with zero attached hydrogens (tertiary/aromatic N) is 3. The number of anilines is 1. The van der Waals surface area contributed by atoms with Crippen molar-refractivity contribution in [1.29, 1.82) is 0 Å². The maximum absolute atomic E-state index is 13.1. The molecule has 2 heterocycles. The summed E-state index contributed by atoms with van der Waals surface area (Å²) in [7, 11) is -3.21. The summed E-state index contributed by atoms with van der Waals surface area (Å²) in [6, 6.07) is 5.54. The Morgan fingerprint density at radius 2 is 1.90 bits per heavy atom. The first-order valence-corrected chi connectivity index (χ1v) is 13.2. The van der Waals surface area contributed by atoms with Crippen molar-refractivity contribution in [3.8, 4) is 0 Å². The number of carbonyl (C=O) groups is 1. The van der Waals surface area contributed by atoms with E-state index in [2.05, 4.69) is 15.2 Å². The predicted molar refractivity (Wildman–Crippen MR) is 117 cm³/mol. The largest absolute Gasteiger partial charge is 0.390 e. The lowest BCUT2D eigenvalue weighted by atomic mass is 9.52. The van der Waals surface area contributed by atoms with Gasteiger partial charge in [0.1, 0.15) is 11.5 Å². The maximum atomic E-state index is 13.1. The molecule has 6 rings (SSSR count). The highest BCUT2D eigenvalue weighted by molar-refractivity contribution is 7.88. The minimum atomic E-state index is -3.21. The highest BCUT2D eigenvalue weighted by atomic mass is 32.2. The topological polar surface area (TPSA) is 103 Å². The van der Waals surface area contributed by atoms with E-state index in [0.717, 1.165) is 32.1 Å². The van der Waals surface area contributed by atoms with Crippen molar-refractivity contribution in [2.75, 3.05) is 30.8 Å². The van der Waals surface area contributed by atoms with Gasteiger partial charge in [-0.3, -0.25) is 4.79 Å². The van der Waals surface area contributed by atoms with Gasteiger partial charge in [-0.25, -0.2) is 13.4 Å². The lowest BCUT2D eigenvalue weighted by molar-refractivity contribution is -0.136. The fraction of sp³-hybridized carbons (Fsp3) is 0.727. The molecule has 1 saturated heterocycles. The van der Waals surface area contributed by atoms with E-state index in [0.29, 0.717) is 48.9 Å². The van der Waals surface area contributed by atoms with Crippen molar-refractivity contribution < 1.29 is 18.3 Å². The number of nitrogens with one attached hydrogen (secondary N) is 1. The highest BCUT2D eigenvalue weighted by Gasteiger charge is 2.55.